The second kappa shape index (κ2) is 8.02. The minimum absolute atomic E-state index is 0.00210. The molecule has 0 unspecified atom stereocenters. The average Bonchev–Trinajstić information content (AvgIpc) is 3.55. The van der Waals surface area contributed by atoms with Crippen LogP contribution in [-0.2, 0) is 6.42 Å². The Labute approximate surface area is 168 Å². The van der Waals surface area contributed by atoms with E-state index in [1.54, 1.807) is 6.07 Å². The van der Waals surface area contributed by atoms with Crippen molar-refractivity contribution in [1.29, 1.82) is 0 Å². The Morgan fingerprint density at radius 3 is 1.97 bits per heavy atom. The summed E-state index contributed by atoms with van der Waals surface area (Å²) in [6.07, 6.45) is 5.04. The van der Waals surface area contributed by atoms with Crippen molar-refractivity contribution >= 4 is 0 Å². The molecule has 0 nitrogen and oxygen atoms in total. The number of hydrogen-bond acceptors (Lipinski definition) is 0. The van der Waals surface area contributed by atoms with E-state index in [9.17, 15) is 13.2 Å². The van der Waals surface area contributed by atoms with Gasteiger partial charge in [-0.2, -0.15) is 0 Å². The van der Waals surface area contributed by atoms with Crippen LogP contribution in [-0.4, -0.2) is 0 Å². The van der Waals surface area contributed by atoms with Crippen molar-refractivity contribution < 1.29 is 17.6 Å². The van der Waals surface area contributed by atoms with E-state index in [0.717, 1.165) is 55.4 Å². The van der Waals surface area contributed by atoms with Crippen molar-refractivity contribution in [2.24, 2.45) is 0 Å². The van der Waals surface area contributed by atoms with Gasteiger partial charge in [0, 0.05) is 5.56 Å². The Hall–Kier alpha value is -2.62. The summed E-state index contributed by atoms with van der Waals surface area (Å²) in [6.45, 7) is 2.15. The Morgan fingerprint density at radius 2 is 1.38 bits per heavy atom. The zero-order valence-electron chi connectivity index (χ0n) is 16.2. The SMILES string of the molecule is CCCCc1ccc(-c2ccc(-c3cc(F)c(F)c(F)c3)c(F)c2C2CC2)cc1. The van der Waals surface area contributed by atoms with Gasteiger partial charge in [0.1, 0.15) is 5.82 Å². The van der Waals surface area contributed by atoms with Crippen LogP contribution in [0.2, 0.25) is 0 Å². The number of hydrogen-bond donors (Lipinski definition) is 0. The first-order chi connectivity index (χ1) is 14.0. The van der Waals surface area contributed by atoms with Crippen molar-refractivity contribution in [2.45, 2.75) is 44.9 Å². The van der Waals surface area contributed by atoms with Gasteiger partial charge in [0.15, 0.2) is 17.5 Å². The predicted molar refractivity (Wildman–Crippen MR) is 108 cm³/mol. The number of aryl methyl sites for hydroxylation is 1. The maximum absolute atomic E-state index is 15.5. The lowest BCUT2D eigenvalue weighted by Gasteiger charge is -2.15. The largest absolute Gasteiger partial charge is 0.206 e. The summed E-state index contributed by atoms with van der Waals surface area (Å²) in [7, 11) is 0. The fourth-order valence-corrected chi connectivity index (χ4v) is 3.78. The Morgan fingerprint density at radius 1 is 0.759 bits per heavy atom. The van der Waals surface area contributed by atoms with E-state index in [4.69, 9.17) is 0 Å². The lowest BCUT2D eigenvalue weighted by atomic mass is 9.91. The molecule has 150 valence electrons. The molecule has 1 saturated carbocycles. The van der Waals surface area contributed by atoms with Crippen LogP contribution < -0.4 is 0 Å². The van der Waals surface area contributed by atoms with Gasteiger partial charge in [-0.05, 0) is 71.6 Å². The van der Waals surface area contributed by atoms with Crippen molar-refractivity contribution in [3.63, 3.8) is 0 Å². The molecule has 0 amide bonds. The van der Waals surface area contributed by atoms with E-state index in [0.29, 0.717) is 5.56 Å². The highest BCUT2D eigenvalue weighted by molar-refractivity contribution is 5.75. The van der Waals surface area contributed by atoms with Gasteiger partial charge >= 0.3 is 0 Å². The third-order valence-electron chi connectivity index (χ3n) is 5.54. The van der Waals surface area contributed by atoms with Gasteiger partial charge in [-0.15, -0.1) is 0 Å². The predicted octanol–water partition coefficient (Wildman–Crippen LogP) is 7.80. The second-order valence-corrected chi connectivity index (χ2v) is 7.72. The highest BCUT2D eigenvalue weighted by Gasteiger charge is 2.31. The van der Waals surface area contributed by atoms with Crippen LogP contribution in [0.1, 0.15) is 49.7 Å². The van der Waals surface area contributed by atoms with E-state index in [2.05, 4.69) is 19.1 Å². The normalized spacial score (nSPS) is 13.7. The molecule has 0 saturated heterocycles. The van der Waals surface area contributed by atoms with Gasteiger partial charge in [0.05, 0.1) is 0 Å². The molecule has 0 aromatic heterocycles. The zero-order chi connectivity index (χ0) is 20.5. The number of unbranched alkanes of at least 4 members (excludes halogenated alkanes) is 1. The van der Waals surface area contributed by atoms with Gasteiger partial charge in [-0.1, -0.05) is 49.7 Å². The van der Waals surface area contributed by atoms with Crippen LogP contribution in [0.4, 0.5) is 17.6 Å². The van der Waals surface area contributed by atoms with E-state index in [-0.39, 0.29) is 17.0 Å². The summed E-state index contributed by atoms with van der Waals surface area (Å²) in [5, 5.41) is 0. The summed E-state index contributed by atoms with van der Waals surface area (Å²) in [4.78, 5) is 0. The van der Waals surface area contributed by atoms with Crippen molar-refractivity contribution in [3.8, 4) is 22.3 Å². The standard InChI is InChI=1S/C25H22F4/c1-2-3-4-15-5-7-16(8-6-15)19-11-12-20(24(28)23(19)17-9-10-17)18-13-21(26)25(29)22(27)14-18/h5-8,11-14,17H,2-4,9-10H2,1H3. The summed E-state index contributed by atoms with van der Waals surface area (Å²) in [5.41, 5.74) is 3.65. The molecule has 1 aliphatic rings. The van der Waals surface area contributed by atoms with Gasteiger partial charge in [0.2, 0.25) is 0 Å². The molecule has 4 rings (SSSR count). The minimum Gasteiger partial charge on any atom is -0.206 e. The van der Waals surface area contributed by atoms with Gasteiger partial charge < -0.3 is 0 Å². The Balaban J connectivity index is 1.77. The summed E-state index contributed by atoms with van der Waals surface area (Å²) in [5.74, 6) is -4.57. The summed E-state index contributed by atoms with van der Waals surface area (Å²) < 4.78 is 56.1. The first kappa shape index (κ1) is 19.7. The summed E-state index contributed by atoms with van der Waals surface area (Å²) in [6, 6.07) is 13.1. The molecule has 0 bridgehead atoms. The molecule has 0 atom stereocenters. The molecule has 3 aromatic carbocycles. The van der Waals surface area contributed by atoms with E-state index >= 15 is 4.39 Å². The molecule has 1 fully saturated rings. The summed E-state index contributed by atoms with van der Waals surface area (Å²) >= 11 is 0. The van der Waals surface area contributed by atoms with E-state index in [1.165, 1.54) is 11.6 Å². The molecule has 0 aliphatic heterocycles. The topological polar surface area (TPSA) is 0 Å². The first-order valence-electron chi connectivity index (χ1n) is 10.1. The molecule has 0 heterocycles. The van der Waals surface area contributed by atoms with Crippen LogP contribution >= 0.6 is 0 Å². The number of rotatable bonds is 6. The van der Waals surface area contributed by atoms with Crippen molar-refractivity contribution in [2.75, 3.05) is 0 Å². The van der Waals surface area contributed by atoms with Crippen LogP contribution in [0.5, 0.6) is 0 Å². The van der Waals surface area contributed by atoms with E-state index in [1.807, 2.05) is 12.1 Å². The van der Waals surface area contributed by atoms with Gasteiger partial charge in [-0.25, -0.2) is 17.6 Å². The monoisotopic (exact) mass is 398 g/mol. The zero-order valence-corrected chi connectivity index (χ0v) is 16.2. The lowest BCUT2D eigenvalue weighted by Crippen LogP contribution is -1.99. The fraction of sp³-hybridized carbons (Fsp3) is 0.280. The second-order valence-electron chi connectivity index (χ2n) is 7.72. The molecule has 0 N–H and O–H groups in total. The molecule has 4 heteroatoms. The van der Waals surface area contributed by atoms with Crippen LogP contribution in [0, 0.1) is 23.3 Å². The molecule has 29 heavy (non-hydrogen) atoms. The van der Waals surface area contributed by atoms with Crippen LogP contribution in [0.3, 0.4) is 0 Å². The Bertz CT molecular complexity index is 1010. The molecular weight excluding hydrogens is 376 g/mol. The third kappa shape index (κ3) is 3.93. The third-order valence-corrected chi connectivity index (χ3v) is 5.54. The van der Waals surface area contributed by atoms with Crippen LogP contribution in [0.15, 0.2) is 48.5 Å². The highest BCUT2D eigenvalue weighted by atomic mass is 19.2. The average molecular weight is 398 g/mol. The van der Waals surface area contributed by atoms with Crippen molar-refractivity contribution in [1.82, 2.24) is 0 Å². The maximum Gasteiger partial charge on any atom is 0.194 e. The maximum atomic E-state index is 15.5. The quantitative estimate of drug-likeness (QED) is 0.293. The highest BCUT2D eigenvalue weighted by Crippen LogP contribution is 2.47. The molecular formula is C25H22F4. The van der Waals surface area contributed by atoms with Crippen LogP contribution in [0.25, 0.3) is 22.3 Å². The molecule has 3 aromatic rings. The molecule has 1 aliphatic carbocycles. The first-order valence-corrected chi connectivity index (χ1v) is 10.1. The van der Waals surface area contributed by atoms with Gasteiger partial charge in [-0.3, -0.25) is 0 Å². The fourth-order valence-electron chi connectivity index (χ4n) is 3.78. The smallest absolute Gasteiger partial charge is 0.194 e. The number of halogens is 4. The number of benzene rings is 3. The Kier molecular flexibility index (Phi) is 5.44. The van der Waals surface area contributed by atoms with E-state index < -0.39 is 23.3 Å². The molecule has 0 spiro atoms. The van der Waals surface area contributed by atoms with Crippen molar-refractivity contribution in [3.05, 3.63) is 82.9 Å². The lowest BCUT2D eigenvalue weighted by molar-refractivity contribution is 0.447. The minimum atomic E-state index is -1.55. The molecule has 0 radical (unpaired) electrons. The van der Waals surface area contributed by atoms with Gasteiger partial charge in [0.25, 0.3) is 0 Å².